The molecular formula is C95H122ClF21N10O18. The normalized spacial score (nSPS) is 19.2. The Kier molecular flexibility index (Phi) is 41.3. The highest BCUT2D eigenvalue weighted by Crippen LogP contribution is 2.48. The second-order valence-corrected chi connectivity index (χ2v) is 38.1. The van der Waals surface area contributed by atoms with E-state index in [0.717, 1.165) is 128 Å². The fourth-order valence-corrected chi connectivity index (χ4v) is 19.5. The average Bonchev–Trinajstić information content (AvgIpc) is 1.66. The van der Waals surface area contributed by atoms with E-state index in [1.807, 2.05) is 6.07 Å². The largest absolute Gasteiger partial charge is 0.493 e. The van der Waals surface area contributed by atoms with E-state index in [2.05, 4.69) is 49.2 Å². The summed E-state index contributed by atoms with van der Waals surface area (Å²) in [7, 11) is 0. The molecule has 4 aromatic carbocycles. The van der Waals surface area contributed by atoms with Gasteiger partial charge in [-0.25, -0.2) is 19.2 Å². The van der Waals surface area contributed by atoms with Gasteiger partial charge in [-0.2, -0.15) is 92.2 Å². The third kappa shape index (κ3) is 34.7. The lowest BCUT2D eigenvalue weighted by atomic mass is 9.84. The van der Waals surface area contributed by atoms with Crippen molar-refractivity contribution in [2.75, 3.05) is 115 Å². The van der Waals surface area contributed by atoms with E-state index in [4.69, 9.17) is 41.5 Å². The lowest BCUT2D eigenvalue weighted by molar-refractivity contribution is -0.200. The molecule has 8 aliphatic rings. The van der Waals surface area contributed by atoms with Crippen LogP contribution >= 0.6 is 11.6 Å². The van der Waals surface area contributed by atoms with Crippen molar-refractivity contribution in [1.29, 1.82) is 0 Å². The maximum Gasteiger partial charge on any atom is 0.425 e. The number of ether oxygens (including phenoxy) is 6. The van der Waals surface area contributed by atoms with Crippen LogP contribution in [0.25, 0.3) is 0 Å². The van der Waals surface area contributed by atoms with E-state index in [9.17, 15) is 131 Å². The Hall–Kier alpha value is -10.3. The standard InChI is InChI=1S/2C24H31F6N3O4.C24H30F6N2O5.C23H30ClF3N2O5/c1-16(23(25,26)27)37-21(36)32-12-8-22(9-13-32)7-3-11-33(22)15-17-5-6-18(24(28,29)30)14-19(17)31-10-2-4-20(34)35;1-16(23(25,26)27)37-21(36)32-10-6-22(7-11-32)5-3-9-33(22)15-17-12-18(24(28,29)30)14-19(13-17)31-8-2-4-20(34)35;1-16(23(25,26)27)37-21(35)31-11-8-22(9-12-31)7-3-10-32(22)15-17-5-6-18(24(28,29)30)14-19(17)36-13-2-4-20(33)34;1-16(23(25,26)27)34-21(32)28-11-8-22(9-12-28)7-3-10-29(22)15-17-5-6-18(24)14-19(17)33-13-2-4-20(30)31/h5-6,14,16,31H,2-4,7-13,15H2,1H3,(H,34,35);12-14,16,31H,2-11,15H2,1H3,(H,34,35);5-6,14,16H,2-4,7-13,15H2,1H3,(H,33,34);5-6,14,16H,2-4,7-13,15H2,1H3,(H,30,31). The van der Waals surface area contributed by atoms with Gasteiger partial charge >= 0.3 is 91.5 Å². The first-order valence-corrected chi connectivity index (χ1v) is 48.1. The molecule has 4 aromatic rings. The number of benzene rings is 4. The summed E-state index contributed by atoms with van der Waals surface area (Å²) in [5, 5.41) is 41.5. The molecule has 0 radical (unpaired) electrons. The number of halogens is 22. The van der Waals surface area contributed by atoms with Gasteiger partial charge in [0.1, 0.15) is 11.5 Å². The molecule has 4 amide bonds. The minimum absolute atomic E-state index is 0.0197. The number of anilines is 2. The van der Waals surface area contributed by atoms with Crippen molar-refractivity contribution in [3.63, 3.8) is 0 Å². The van der Waals surface area contributed by atoms with Gasteiger partial charge in [0.05, 0.1) is 29.9 Å². The molecule has 814 valence electrons. The summed E-state index contributed by atoms with van der Waals surface area (Å²) in [5.41, 5.74) is -0.628. The molecule has 28 nitrogen and oxygen atoms in total. The third-order valence-corrected chi connectivity index (χ3v) is 28.0. The number of carboxylic acid groups (broad SMARTS) is 4. The SMILES string of the molecule is CC(OC(=O)N1CCC2(CCCN2Cc2cc(NCCCC(=O)O)cc(C(F)(F)F)c2)CC1)C(F)(F)F.CC(OC(=O)N1CCC2(CCCN2Cc2ccc(C(F)(F)F)cc2NCCCC(=O)O)CC1)C(F)(F)F.CC(OC(=O)N1CCC2(CCCN2Cc2ccc(C(F)(F)F)cc2OCCCC(=O)O)CC1)C(F)(F)F.CC(OC(=O)N1CCC2(CCCN2Cc2ccc(Cl)cc2OCCCC(=O)O)CC1)C(F)(F)F. The first kappa shape index (κ1) is 118. The topological polar surface area (TPSA) is 323 Å². The number of hydrogen-bond acceptors (Lipinski definition) is 20. The van der Waals surface area contributed by atoms with Crippen LogP contribution in [0.5, 0.6) is 11.5 Å². The number of hydrogen-bond donors (Lipinski definition) is 6. The molecule has 12 rings (SSSR count). The van der Waals surface area contributed by atoms with E-state index >= 15 is 0 Å². The minimum Gasteiger partial charge on any atom is -0.493 e. The van der Waals surface area contributed by atoms with Crippen LogP contribution in [0.4, 0.5) is 123 Å². The highest BCUT2D eigenvalue weighted by atomic mass is 35.5. The molecule has 6 N–H and O–H groups in total. The van der Waals surface area contributed by atoms with Crippen LogP contribution in [-0.4, -0.2) is 284 Å². The Morgan fingerprint density at radius 2 is 0.628 bits per heavy atom. The molecule has 8 fully saturated rings. The second kappa shape index (κ2) is 50.6. The molecule has 145 heavy (non-hydrogen) atoms. The highest BCUT2D eigenvalue weighted by Gasteiger charge is 2.52. The number of likely N-dealkylation sites (tertiary alicyclic amines) is 8. The van der Waals surface area contributed by atoms with E-state index in [-0.39, 0.29) is 163 Å². The first-order valence-electron chi connectivity index (χ1n) is 47.7. The maximum absolute atomic E-state index is 13.5. The van der Waals surface area contributed by atoms with Crippen LogP contribution in [0.1, 0.15) is 221 Å². The van der Waals surface area contributed by atoms with Crippen molar-refractivity contribution < 1.29 is 179 Å². The number of carbonyl (C=O) groups excluding carboxylic acids is 4. The number of carboxylic acids is 4. The van der Waals surface area contributed by atoms with Crippen LogP contribution < -0.4 is 20.1 Å². The van der Waals surface area contributed by atoms with Crippen LogP contribution in [-0.2, 0) is 82.8 Å². The summed E-state index contributed by atoms with van der Waals surface area (Å²) in [6.45, 7) is 9.95. The summed E-state index contributed by atoms with van der Waals surface area (Å²) in [6.07, 6.45) is -33.3. The first-order chi connectivity index (χ1) is 67.6. The fourth-order valence-electron chi connectivity index (χ4n) is 19.3. The third-order valence-electron chi connectivity index (χ3n) is 27.7. The Balaban J connectivity index is 0.000000215. The number of aliphatic carboxylic acids is 4. The quantitative estimate of drug-likeness (QED) is 0.0150. The van der Waals surface area contributed by atoms with E-state index in [0.29, 0.717) is 131 Å². The number of rotatable bonds is 32. The van der Waals surface area contributed by atoms with Crippen LogP contribution in [0.15, 0.2) is 72.8 Å². The molecule has 0 aliphatic carbocycles. The van der Waals surface area contributed by atoms with Crippen molar-refractivity contribution in [3.05, 3.63) is 117 Å². The van der Waals surface area contributed by atoms with Crippen molar-refractivity contribution >= 4 is 71.2 Å². The molecule has 8 aliphatic heterocycles. The number of nitrogens with one attached hydrogen (secondary N) is 2. The van der Waals surface area contributed by atoms with Crippen molar-refractivity contribution in [2.24, 2.45) is 0 Å². The zero-order chi connectivity index (χ0) is 107. The van der Waals surface area contributed by atoms with Gasteiger partial charge in [-0.1, -0.05) is 29.8 Å². The average molecular weight is 2130 g/mol. The summed E-state index contributed by atoms with van der Waals surface area (Å²) in [4.78, 5) is 106. The molecule has 0 saturated carbocycles. The molecule has 0 aromatic heterocycles. The summed E-state index contributed by atoms with van der Waals surface area (Å²) in [6, 6.07) is 15.8. The predicted octanol–water partition coefficient (Wildman–Crippen LogP) is 21.6. The number of amides is 4. The van der Waals surface area contributed by atoms with Crippen LogP contribution in [0.2, 0.25) is 5.02 Å². The Labute approximate surface area is 828 Å². The molecular weight excluding hydrogens is 2000 g/mol. The maximum atomic E-state index is 13.5. The Bertz CT molecular complexity index is 4810. The van der Waals surface area contributed by atoms with Gasteiger partial charge in [-0.15, -0.1) is 0 Å². The van der Waals surface area contributed by atoms with E-state index in [1.54, 1.807) is 18.2 Å². The molecule has 8 saturated heterocycles. The molecule has 0 bridgehead atoms. The number of piperidine rings is 4. The zero-order valence-electron chi connectivity index (χ0n) is 80.2. The molecule has 4 unspecified atom stereocenters. The number of nitrogens with zero attached hydrogens (tertiary/aromatic N) is 8. The van der Waals surface area contributed by atoms with Gasteiger partial charge in [0, 0.05) is 167 Å². The fraction of sp³-hybridized carbons (Fsp3) is 0.663. The minimum atomic E-state index is -4.65. The van der Waals surface area contributed by atoms with Gasteiger partial charge in [0.15, 0.2) is 24.4 Å². The monoisotopic (exact) mass is 2120 g/mol. The van der Waals surface area contributed by atoms with Crippen LogP contribution in [0, 0.1) is 0 Å². The lowest BCUT2D eigenvalue weighted by Gasteiger charge is -2.45. The second-order valence-electron chi connectivity index (χ2n) is 37.6. The van der Waals surface area contributed by atoms with Gasteiger partial charge in [-0.05, 0) is 248 Å². The molecule has 8 heterocycles. The predicted molar refractivity (Wildman–Crippen MR) is 482 cm³/mol. The summed E-state index contributed by atoms with van der Waals surface area (Å²) >= 11 is 6.14. The van der Waals surface area contributed by atoms with Crippen molar-refractivity contribution in [3.8, 4) is 11.5 Å². The van der Waals surface area contributed by atoms with Gasteiger partial charge in [0.25, 0.3) is 0 Å². The highest BCUT2D eigenvalue weighted by molar-refractivity contribution is 6.30. The Morgan fingerprint density at radius 1 is 0.338 bits per heavy atom. The zero-order valence-corrected chi connectivity index (χ0v) is 81.0. The van der Waals surface area contributed by atoms with E-state index < -0.39 is 133 Å². The smallest absolute Gasteiger partial charge is 0.425 e. The molecule has 50 heteroatoms. The van der Waals surface area contributed by atoms with Crippen LogP contribution in [0.3, 0.4) is 0 Å². The van der Waals surface area contributed by atoms with Gasteiger partial charge in [-0.3, -0.25) is 38.8 Å². The molecule has 4 atom stereocenters. The van der Waals surface area contributed by atoms with Crippen molar-refractivity contribution in [2.45, 2.75) is 298 Å². The number of carbonyl (C=O) groups is 8. The van der Waals surface area contributed by atoms with Gasteiger partial charge in [0.2, 0.25) is 0 Å². The summed E-state index contributed by atoms with van der Waals surface area (Å²) < 4.78 is 303. The summed E-state index contributed by atoms with van der Waals surface area (Å²) in [5.74, 6) is -3.24. The van der Waals surface area contributed by atoms with E-state index in [1.165, 1.54) is 31.7 Å². The molecule has 4 spiro atoms. The number of alkyl halides is 21. The van der Waals surface area contributed by atoms with Gasteiger partial charge < -0.3 is 79.1 Å². The lowest BCUT2D eigenvalue weighted by Crippen LogP contribution is -2.53. The van der Waals surface area contributed by atoms with Crippen molar-refractivity contribution in [1.82, 2.24) is 39.2 Å². The Morgan fingerprint density at radius 3 is 0.952 bits per heavy atom.